The van der Waals surface area contributed by atoms with Gasteiger partial charge in [-0.05, 0) is 35.7 Å². The van der Waals surface area contributed by atoms with E-state index in [2.05, 4.69) is 51.4 Å². The number of hydrogen-bond acceptors (Lipinski definition) is 5. The van der Waals surface area contributed by atoms with E-state index in [9.17, 15) is 9.59 Å². The smallest absolute Gasteiger partial charge is 0.315 e. The van der Waals surface area contributed by atoms with Crippen molar-refractivity contribution in [3.8, 4) is 0 Å². The van der Waals surface area contributed by atoms with Crippen molar-refractivity contribution < 1.29 is 14.3 Å². The average molecular weight is 385 g/mol. The molecule has 0 saturated heterocycles. The molecule has 0 radical (unpaired) electrons. The number of nitrogens with zero attached hydrogens (tertiary/aromatic N) is 1. The third-order valence-corrected chi connectivity index (χ3v) is 5.45. The van der Waals surface area contributed by atoms with Crippen LogP contribution in [0, 0.1) is 0 Å². The van der Waals surface area contributed by atoms with Crippen LogP contribution < -0.4 is 10.2 Å². The van der Waals surface area contributed by atoms with Crippen LogP contribution in [0.1, 0.15) is 17.5 Å². The Hall–Kier alpha value is -2.47. The van der Waals surface area contributed by atoms with Crippen LogP contribution in [-0.2, 0) is 27.3 Å². The molecule has 2 aromatic carbocycles. The Morgan fingerprint density at radius 1 is 1.15 bits per heavy atom. The Balaban J connectivity index is 1.45. The summed E-state index contributed by atoms with van der Waals surface area (Å²) >= 11 is 1.40. The minimum atomic E-state index is -0.267. The van der Waals surface area contributed by atoms with E-state index in [0.717, 1.165) is 25.2 Å². The normalized spacial score (nSPS) is 12.6. The van der Waals surface area contributed by atoms with Gasteiger partial charge in [-0.15, -0.1) is 11.8 Å². The van der Waals surface area contributed by atoms with Crippen LogP contribution >= 0.6 is 11.8 Å². The number of methoxy groups -OCH3 is 1. The first kappa shape index (κ1) is 19.3. The Morgan fingerprint density at radius 2 is 1.93 bits per heavy atom. The van der Waals surface area contributed by atoms with Crippen LogP contribution in [0.3, 0.4) is 0 Å². The van der Waals surface area contributed by atoms with E-state index >= 15 is 0 Å². The molecule has 0 aliphatic carbocycles. The maximum absolute atomic E-state index is 12.0. The number of amides is 1. The number of fused-ring (bicyclic) bond motifs is 1. The van der Waals surface area contributed by atoms with E-state index in [1.54, 1.807) is 0 Å². The molecular formula is C21H24N2O3S. The topological polar surface area (TPSA) is 58.6 Å². The lowest BCUT2D eigenvalue weighted by atomic mass is 10.1. The van der Waals surface area contributed by atoms with Crippen molar-refractivity contribution in [2.45, 2.75) is 19.4 Å². The molecule has 0 aromatic heterocycles. The molecular weight excluding hydrogens is 360 g/mol. The van der Waals surface area contributed by atoms with Crippen molar-refractivity contribution in [2.24, 2.45) is 0 Å². The first-order valence-corrected chi connectivity index (χ1v) is 10.2. The molecule has 6 heteroatoms. The zero-order valence-electron chi connectivity index (χ0n) is 15.4. The van der Waals surface area contributed by atoms with Gasteiger partial charge in [-0.1, -0.05) is 30.3 Å². The van der Waals surface area contributed by atoms with E-state index in [1.807, 2.05) is 12.1 Å². The number of esters is 1. The molecule has 0 bridgehead atoms. The Kier molecular flexibility index (Phi) is 6.76. The molecule has 1 heterocycles. The number of carbonyl (C=O) groups is 2. The highest BCUT2D eigenvalue weighted by Crippen LogP contribution is 2.28. The van der Waals surface area contributed by atoms with Crippen LogP contribution in [0.2, 0.25) is 0 Å². The van der Waals surface area contributed by atoms with E-state index in [0.29, 0.717) is 12.2 Å². The van der Waals surface area contributed by atoms with Crippen molar-refractivity contribution in [3.05, 3.63) is 59.7 Å². The highest BCUT2D eigenvalue weighted by molar-refractivity contribution is 7.99. The predicted octanol–water partition coefficient (Wildman–Crippen LogP) is 3.48. The molecule has 0 atom stereocenters. The fourth-order valence-corrected chi connectivity index (χ4v) is 3.85. The van der Waals surface area contributed by atoms with Gasteiger partial charge in [0.15, 0.2) is 0 Å². The largest absolute Gasteiger partial charge is 0.468 e. The van der Waals surface area contributed by atoms with Gasteiger partial charge < -0.3 is 15.0 Å². The van der Waals surface area contributed by atoms with Crippen molar-refractivity contribution >= 4 is 35.0 Å². The fourth-order valence-electron chi connectivity index (χ4n) is 3.09. The van der Waals surface area contributed by atoms with Gasteiger partial charge in [0.2, 0.25) is 5.91 Å². The SMILES string of the molecule is COC(=O)CSCCC(=O)Nc1ccc(CN2CCc3ccccc32)cc1. The molecule has 0 spiro atoms. The Labute approximate surface area is 164 Å². The zero-order valence-corrected chi connectivity index (χ0v) is 16.3. The molecule has 0 fully saturated rings. The van der Waals surface area contributed by atoms with Gasteiger partial charge >= 0.3 is 5.97 Å². The van der Waals surface area contributed by atoms with E-state index in [1.165, 1.54) is 35.7 Å². The van der Waals surface area contributed by atoms with E-state index in [4.69, 9.17) is 0 Å². The average Bonchev–Trinajstić information content (AvgIpc) is 3.09. The maximum atomic E-state index is 12.0. The number of thioether (sulfide) groups is 1. The van der Waals surface area contributed by atoms with Crippen molar-refractivity contribution in [1.82, 2.24) is 0 Å². The summed E-state index contributed by atoms with van der Waals surface area (Å²) in [7, 11) is 1.36. The van der Waals surface area contributed by atoms with Gasteiger partial charge in [-0.2, -0.15) is 0 Å². The zero-order chi connectivity index (χ0) is 19.1. The van der Waals surface area contributed by atoms with Gasteiger partial charge in [0.25, 0.3) is 0 Å². The molecule has 5 nitrogen and oxygen atoms in total. The number of rotatable bonds is 8. The maximum Gasteiger partial charge on any atom is 0.315 e. The van der Waals surface area contributed by atoms with Crippen LogP contribution in [-0.4, -0.2) is 37.0 Å². The summed E-state index contributed by atoms with van der Waals surface area (Å²) in [6.45, 7) is 1.91. The summed E-state index contributed by atoms with van der Waals surface area (Å²) in [5, 5.41) is 2.90. The molecule has 1 amide bonds. The summed E-state index contributed by atoms with van der Waals surface area (Å²) in [5.41, 5.74) is 4.74. The standard InChI is InChI=1S/C21H24N2O3S/c1-26-21(25)15-27-13-11-20(24)22-18-8-6-16(7-9-18)14-23-12-10-17-4-2-3-5-19(17)23/h2-9H,10-15H2,1H3,(H,22,24). The molecule has 2 aromatic rings. The molecule has 0 unspecified atom stereocenters. The first-order valence-electron chi connectivity index (χ1n) is 9.02. The highest BCUT2D eigenvalue weighted by Gasteiger charge is 2.18. The second kappa shape index (κ2) is 9.46. The van der Waals surface area contributed by atoms with Gasteiger partial charge in [-0.25, -0.2) is 0 Å². The lowest BCUT2D eigenvalue weighted by Gasteiger charge is -2.19. The molecule has 1 aliphatic heterocycles. The highest BCUT2D eigenvalue weighted by atomic mass is 32.2. The van der Waals surface area contributed by atoms with E-state index in [-0.39, 0.29) is 17.6 Å². The molecule has 142 valence electrons. The van der Waals surface area contributed by atoms with Crippen LogP contribution in [0.15, 0.2) is 48.5 Å². The molecule has 1 N–H and O–H groups in total. The summed E-state index contributed by atoms with van der Waals surface area (Å²) in [6.07, 6.45) is 1.46. The minimum absolute atomic E-state index is 0.0476. The van der Waals surface area contributed by atoms with Crippen LogP contribution in [0.25, 0.3) is 0 Å². The molecule has 27 heavy (non-hydrogen) atoms. The predicted molar refractivity (Wildman–Crippen MR) is 110 cm³/mol. The van der Waals surface area contributed by atoms with Gasteiger partial charge in [0.1, 0.15) is 0 Å². The summed E-state index contributed by atoms with van der Waals surface area (Å²) < 4.78 is 4.57. The summed E-state index contributed by atoms with van der Waals surface area (Å²) in [5.74, 6) is 0.552. The second-order valence-corrected chi connectivity index (χ2v) is 7.53. The minimum Gasteiger partial charge on any atom is -0.468 e. The van der Waals surface area contributed by atoms with Crippen molar-refractivity contribution in [2.75, 3.05) is 35.4 Å². The number of para-hydroxylation sites is 1. The third-order valence-electron chi connectivity index (χ3n) is 4.52. The third kappa shape index (κ3) is 5.50. The Bertz CT molecular complexity index is 792. The molecule has 0 saturated carbocycles. The van der Waals surface area contributed by atoms with Gasteiger partial charge in [0.05, 0.1) is 12.9 Å². The second-order valence-electron chi connectivity index (χ2n) is 6.42. The Morgan fingerprint density at radius 3 is 2.70 bits per heavy atom. The molecule has 3 rings (SSSR count). The summed E-state index contributed by atoms with van der Waals surface area (Å²) in [6, 6.07) is 16.5. The number of carbonyl (C=O) groups excluding carboxylic acids is 2. The lowest BCUT2D eigenvalue weighted by Crippen LogP contribution is -2.19. The number of benzene rings is 2. The van der Waals surface area contributed by atoms with Crippen molar-refractivity contribution in [3.63, 3.8) is 0 Å². The number of ether oxygens (including phenoxy) is 1. The van der Waals surface area contributed by atoms with Gasteiger partial charge in [0, 0.05) is 36.6 Å². The summed E-state index contributed by atoms with van der Waals surface area (Å²) in [4.78, 5) is 25.4. The quantitative estimate of drug-likeness (QED) is 0.558. The number of nitrogens with one attached hydrogen (secondary N) is 1. The van der Waals surface area contributed by atoms with Crippen molar-refractivity contribution in [1.29, 1.82) is 0 Å². The van der Waals surface area contributed by atoms with Crippen LogP contribution in [0.4, 0.5) is 11.4 Å². The molecule has 1 aliphatic rings. The monoisotopic (exact) mass is 384 g/mol. The van der Waals surface area contributed by atoms with E-state index < -0.39 is 0 Å². The van der Waals surface area contributed by atoms with Crippen LogP contribution in [0.5, 0.6) is 0 Å². The first-order chi connectivity index (χ1) is 13.2. The number of hydrogen-bond donors (Lipinski definition) is 1. The van der Waals surface area contributed by atoms with Gasteiger partial charge in [-0.3, -0.25) is 9.59 Å². The fraction of sp³-hybridized carbons (Fsp3) is 0.333. The number of anilines is 2. The lowest BCUT2D eigenvalue weighted by molar-refractivity contribution is -0.137.